The van der Waals surface area contributed by atoms with Crippen LogP contribution in [0.1, 0.15) is 51.9 Å². The molecule has 2 aliphatic carbocycles. The Bertz CT molecular complexity index is 230. The van der Waals surface area contributed by atoms with Crippen molar-refractivity contribution >= 4 is 5.91 Å². The highest BCUT2D eigenvalue weighted by molar-refractivity contribution is 5.81. The lowest BCUT2D eigenvalue weighted by Crippen LogP contribution is -2.42. The second kappa shape index (κ2) is 5.67. The number of hydrogen-bond acceptors (Lipinski definition) is 2. The summed E-state index contributed by atoms with van der Waals surface area (Å²) in [4.78, 5) is 11.6. The summed E-state index contributed by atoms with van der Waals surface area (Å²) in [6.07, 6.45) is 8.17. The lowest BCUT2D eigenvalue weighted by molar-refractivity contribution is -0.123. The number of carbonyl (C=O) groups excluding carboxylic acids is 1. The van der Waals surface area contributed by atoms with Crippen LogP contribution in [-0.4, -0.2) is 24.5 Å². The van der Waals surface area contributed by atoms with Gasteiger partial charge in [-0.05, 0) is 51.5 Å². The van der Waals surface area contributed by atoms with E-state index in [1.165, 1.54) is 19.3 Å². The maximum Gasteiger partial charge on any atom is 0.223 e. The average Bonchev–Trinajstić information content (AvgIpc) is 3.12. The molecule has 2 saturated carbocycles. The zero-order valence-electron chi connectivity index (χ0n) is 10.3. The van der Waals surface area contributed by atoms with Crippen molar-refractivity contribution in [3.05, 3.63) is 0 Å². The smallest absolute Gasteiger partial charge is 0.223 e. The summed E-state index contributed by atoms with van der Waals surface area (Å²) < 4.78 is 0. The van der Waals surface area contributed by atoms with E-state index in [1.54, 1.807) is 0 Å². The molecule has 0 aromatic rings. The second-order valence-electron chi connectivity index (χ2n) is 5.29. The fourth-order valence-electron chi connectivity index (χ4n) is 2.45. The fourth-order valence-corrected chi connectivity index (χ4v) is 2.45. The fraction of sp³-hybridized carbons (Fsp3) is 0.923. The highest BCUT2D eigenvalue weighted by Crippen LogP contribution is 2.29. The van der Waals surface area contributed by atoms with Crippen LogP contribution in [0, 0.1) is 5.92 Å². The van der Waals surface area contributed by atoms with Crippen molar-refractivity contribution in [1.29, 1.82) is 0 Å². The molecule has 0 radical (unpaired) electrons. The first-order chi connectivity index (χ1) is 7.79. The van der Waals surface area contributed by atoms with Gasteiger partial charge in [-0.1, -0.05) is 6.92 Å². The van der Waals surface area contributed by atoms with E-state index < -0.39 is 0 Å². The van der Waals surface area contributed by atoms with E-state index in [9.17, 15) is 4.79 Å². The summed E-state index contributed by atoms with van der Waals surface area (Å²) in [5.74, 6) is 0.668. The van der Waals surface area contributed by atoms with E-state index in [2.05, 4.69) is 17.6 Å². The Balaban J connectivity index is 1.62. The molecule has 2 rings (SSSR count). The molecule has 2 fully saturated rings. The largest absolute Gasteiger partial charge is 0.353 e. The summed E-state index contributed by atoms with van der Waals surface area (Å²) in [5.41, 5.74) is 0. The lowest BCUT2D eigenvalue weighted by Gasteiger charge is -2.29. The minimum absolute atomic E-state index is 0.310. The molecule has 0 unspecified atom stereocenters. The van der Waals surface area contributed by atoms with Crippen LogP contribution in [0.15, 0.2) is 0 Å². The number of amides is 1. The monoisotopic (exact) mass is 224 g/mol. The summed E-state index contributed by atoms with van der Waals surface area (Å²) in [6.45, 7) is 3.33. The van der Waals surface area contributed by atoms with Gasteiger partial charge in [0.15, 0.2) is 0 Å². The van der Waals surface area contributed by atoms with Crippen LogP contribution in [0.3, 0.4) is 0 Å². The van der Waals surface area contributed by atoms with E-state index >= 15 is 0 Å². The number of rotatable bonds is 5. The Morgan fingerprint density at radius 2 is 1.69 bits per heavy atom. The molecule has 16 heavy (non-hydrogen) atoms. The Morgan fingerprint density at radius 1 is 1.06 bits per heavy atom. The number of carbonyl (C=O) groups is 1. The standard InChI is InChI=1S/C13H24N2O/c1-2-9-14-11-5-7-12(8-6-11)15-13(16)10-3-4-10/h10-12,14H,2-9H2,1H3,(H,15,16). The van der Waals surface area contributed by atoms with Gasteiger partial charge >= 0.3 is 0 Å². The van der Waals surface area contributed by atoms with Crippen molar-refractivity contribution < 1.29 is 4.79 Å². The highest BCUT2D eigenvalue weighted by Gasteiger charge is 2.31. The molecule has 0 aromatic heterocycles. The van der Waals surface area contributed by atoms with Crippen LogP contribution >= 0.6 is 0 Å². The van der Waals surface area contributed by atoms with E-state index in [0.717, 1.165) is 32.2 Å². The number of hydrogen-bond donors (Lipinski definition) is 2. The van der Waals surface area contributed by atoms with Crippen molar-refractivity contribution in [1.82, 2.24) is 10.6 Å². The molecule has 0 aliphatic heterocycles. The van der Waals surface area contributed by atoms with E-state index in [-0.39, 0.29) is 0 Å². The summed E-state index contributed by atoms with van der Waals surface area (Å²) in [7, 11) is 0. The van der Waals surface area contributed by atoms with Gasteiger partial charge in [0, 0.05) is 18.0 Å². The van der Waals surface area contributed by atoms with E-state index in [0.29, 0.717) is 23.9 Å². The molecule has 0 aromatic carbocycles. The maximum atomic E-state index is 11.6. The average molecular weight is 224 g/mol. The Morgan fingerprint density at radius 3 is 2.25 bits per heavy atom. The first-order valence-electron chi connectivity index (χ1n) is 6.83. The van der Waals surface area contributed by atoms with Crippen molar-refractivity contribution in [3.63, 3.8) is 0 Å². The van der Waals surface area contributed by atoms with Gasteiger partial charge in [-0.3, -0.25) is 4.79 Å². The molecule has 0 atom stereocenters. The van der Waals surface area contributed by atoms with Gasteiger partial charge in [0.25, 0.3) is 0 Å². The van der Waals surface area contributed by atoms with Gasteiger partial charge in [-0.15, -0.1) is 0 Å². The number of nitrogens with one attached hydrogen (secondary N) is 2. The Hall–Kier alpha value is -0.570. The summed E-state index contributed by atoms with van der Waals surface area (Å²) in [6, 6.07) is 1.14. The summed E-state index contributed by atoms with van der Waals surface area (Å²) in [5, 5.41) is 6.76. The van der Waals surface area contributed by atoms with Gasteiger partial charge in [0.2, 0.25) is 5.91 Å². The van der Waals surface area contributed by atoms with Crippen molar-refractivity contribution in [3.8, 4) is 0 Å². The zero-order valence-corrected chi connectivity index (χ0v) is 10.3. The molecule has 3 heteroatoms. The third-order valence-corrected chi connectivity index (χ3v) is 3.70. The topological polar surface area (TPSA) is 41.1 Å². The van der Waals surface area contributed by atoms with Crippen LogP contribution < -0.4 is 10.6 Å². The minimum Gasteiger partial charge on any atom is -0.353 e. The molecule has 2 N–H and O–H groups in total. The summed E-state index contributed by atoms with van der Waals surface area (Å²) >= 11 is 0. The third-order valence-electron chi connectivity index (χ3n) is 3.70. The van der Waals surface area contributed by atoms with Crippen LogP contribution in [0.5, 0.6) is 0 Å². The predicted molar refractivity (Wildman–Crippen MR) is 65.2 cm³/mol. The molecular weight excluding hydrogens is 200 g/mol. The van der Waals surface area contributed by atoms with Gasteiger partial charge in [-0.25, -0.2) is 0 Å². The molecule has 0 bridgehead atoms. The SMILES string of the molecule is CCCNC1CCC(NC(=O)C2CC2)CC1. The first-order valence-corrected chi connectivity index (χ1v) is 6.83. The predicted octanol–water partition coefficient (Wildman–Crippen LogP) is 1.82. The maximum absolute atomic E-state index is 11.6. The Kier molecular flexibility index (Phi) is 4.22. The Labute approximate surface area is 98.4 Å². The molecular formula is C13H24N2O. The van der Waals surface area contributed by atoms with Gasteiger partial charge in [0.05, 0.1) is 0 Å². The van der Waals surface area contributed by atoms with Gasteiger partial charge in [-0.2, -0.15) is 0 Å². The molecule has 92 valence electrons. The van der Waals surface area contributed by atoms with E-state index in [4.69, 9.17) is 0 Å². The lowest BCUT2D eigenvalue weighted by atomic mass is 9.91. The van der Waals surface area contributed by atoms with Crippen molar-refractivity contribution in [2.75, 3.05) is 6.54 Å². The third kappa shape index (κ3) is 3.48. The van der Waals surface area contributed by atoms with E-state index in [1.807, 2.05) is 0 Å². The molecule has 0 heterocycles. The molecule has 3 nitrogen and oxygen atoms in total. The van der Waals surface area contributed by atoms with Crippen LogP contribution in [0.2, 0.25) is 0 Å². The first kappa shape index (κ1) is 11.9. The van der Waals surface area contributed by atoms with Crippen molar-refractivity contribution in [2.24, 2.45) is 5.92 Å². The van der Waals surface area contributed by atoms with Crippen LogP contribution in [0.4, 0.5) is 0 Å². The molecule has 0 saturated heterocycles. The van der Waals surface area contributed by atoms with Crippen LogP contribution in [-0.2, 0) is 4.79 Å². The van der Waals surface area contributed by atoms with Gasteiger partial charge < -0.3 is 10.6 Å². The quantitative estimate of drug-likeness (QED) is 0.748. The van der Waals surface area contributed by atoms with Gasteiger partial charge in [0.1, 0.15) is 0 Å². The minimum atomic E-state index is 0.310. The molecule has 2 aliphatic rings. The normalized spacial score (nSPS) is 30.1. The molecule has 1 amide bonds. The zero-order chi connectivity index (χ0) is 11.4. The molecule has 0 spiro atoms. The highest BCUT2D eigenvalue weighted by atomic mass is 16.2. The second-order valence-corrected chi connectivity index (χ2v) is 5.29. The van der Waals surface area contributed by atoms with Crippen LogP contribution in [0.25, 0.3) is 0 Å². The van der Waals surface area contributed by atoms with Crippen molar-refractivity contribution in [2.45, 2.75) is 64.0 Å².